The van der Waals surface area contributed by atoms with Crippen LogP contribution in [-0.4, -0.2) is 50.1 Å². The summed E-state index contributed by atoms with van der Waals surface area (Å²) in [4.78, 5) is 25.1. The SMILES string of the molecule is [2H]C([2H])([2H])Oc1cc(C2CC(C(=O)OC)N(C(C)=O)C2)ccc1OC(F)F. The van der Waals surface area contributed by atoms with E-state index in [0.29, 0.717) is 5.56 Å². The van der Waals surface area contributed by atoms with Crippen molar-refractivity contribution < 1.29 is 36.7 Å². The molecule has 2 unspecified atom stereocenters. The van der Waals surface area contributed by atoms with Crippen LogP contribution >= 0.6 is 0 Å². The fourth-order valence-electron chi connectivity index (χ4n) is 2.84. The standard InChI is InChI=1S/C16H19F2NO5/c1-9(20)19-8-11(6-12(19)15(21)23-3)10-4-5-13(24-16(17)18)14(7-10)22-2/h4-5,7,11-12,16H,6,8H2,1-3H3/i2D3. The summed E-state index contributed by atoms with van der Waals surface area (Å²) in [6.45, 7) is -1.64. The highest BCUT2D eigenvalue weighted by Gasteiger charge is 2.39. The van der Waals surface area contributed by atoms with Gasteiger partial charge < -0.3 is 19.1 Å². The van der Waals surface area contributed by atoms with Gasteiger partial charge in [-0.2, -0.15) is 8.78 Å². The van der Waals surface area contributed by atoms with Gasteiger partial charge in [0.1, 0.15) is 6.04 Å². The summed E-state index contributed by atoms with van der Waals surface area (Å²) >= 11 is 0. The number of likely N-dealkylation sites (tertiary alicyclic amines) is 1. The van der Waals surface area contributed by atoms with Crippen LogP contribution in [0.5, 0.6) is 11.5 Å². The molecule has 1 saturated heterocycles. The maximum atomic E-state index is 12.5. The topological polar surface area (TPSA) is 65.1 Å². The van der Waals surface area contributed by atoms with Crippen molar-refractivity contribution in [1.82, 2.24) is 4.90 Å². The van der Waals surface area contributed by atoms with E-state index in [1.165, 1.54) is 37.1 Å². The van der Waals surface area contributed by atoms with Crippen LogP contribution in [0.3, 0.4) is 0 Å². The minimum Gasteiger partial charge on any atom is -0.493 e. The van der Waals surface area contributed by atoms with Crippen molar-refractivity contribution in [2.45, 2.75) is 31.9 Å². The lowest BCUT2D eigenvalue weighted by molar-refractivity contribution is -0.150. The second-order valence-electron chi connectivity index (χ2n) is 5.33. The number of methoxy groups -OCH3 is 2. The number of benzene rings is 1. The minimum absolute atomic E-state index is 0.192. The number of alkyl halides is 2. The summed E-state index contributed by atoms with van der Waals surface area (Å²) in [7, 11) is -1.65. The Bertz CT molecular complexity index is 714. The fraction of sp³-hybridized carbons (Fsp3) is 0.500. The number of hydrogen-bond donors (Lipinski definition) is 0. The van der Waals surface area contributed by atoms with Crippen LogP contribution in [0.1, 0.15) is 28.9 Å². The molecule has 1 heterocycles. The predicted octanol–water partition coefficient (Wildman–Crippen LogP) is 2.17. The first kappa shape index (κ1) is 14.0. The molecule has 6 nitrogen and oxygen atoms in total. The third kappa shape index (κ3) is 3.74. The van der Waals surface area contributed by atoms with Gasteiger partial charge in [0.05, 0.1) is 18.3 Å². The van der Waals surface area contributed by atoms with Crippen LogP contribution in [0, 0.1) is 0 Å². The van der Waals surface area contributed by atoms with E-state index < -0.39 is 31.4 Å². The molecule has 0 spiro atoms. The number of nitrogens with zero attached hydrogens (tertiary/aromatic N) is 1. The summed E-state index contributed by atoms with van der Waals surface area (Å²) in [5.74, 6) is -2.01. The van der Waals surface area contributed by atoms with Crippen molar-refractivity contribution in [3.63, 3.8) is 0 Å². The van der Waals surface area contributed by atoms with E-state index in [1.54, 1.807) is 0 Å². The molecule has 1 aromatic rings. The van der Waals surface area contributed by atoms with Gasteiger partial charge in [-0.15, -0.1) is 0 Å². The molecule has 0 aliphatic carbocycles. The number of amides is 1. The molecular weight excluding hydrogens is 324 g/mol. The van der Waals surface area contributed by atoms with E-state index in [2.05, 4.69) is 4.74 Å². The van der Waals surface area contributed by atoms with Crippen molar-refractivity contribution in [2.75, 3.05) is 20.7 Å². The molecule has 1 fully saturated rings. The zero-order valence-corrected chi connectivity index (χ0v) is 13.1. The molecular formula is C16H19F2NO5. The van der Waals surface area contributed by atoms with E-state index in [-0.39, 0.29) is 30.5 Å². The van der Waals surface area contributed by atoms with Crippen molar-refractivity contribution in [3.8, 4) is 11.5 Å². The van der Waals surface area contributed by atoms with Crippen LogP contribution in [0.25, 0.3) is 0 Å². The molecule has 0 N–H and O–H groups in total. The van der Waals surface area contributed by atoms with Crippen molar-refractivity contribution in [2.24, 2.45) is 0 Å². The summed E-state index contributed by atoms with van der Waals surface area (Å²) < 4.78 is 60.4. The molecule has 0 radical (unpaired) electrons. The average molecular weight is 346 g/mol. The van der Waals surface area contributed by atoms with Gasteiger partial charge in [0, 0.05) is 19.4 Å². The van der Waals surface area contributed by atoms with Gasteiger partial charge in [-0.3, -0.25) is 4.79 Å². The van der Waals surface area contributed by atoms with Gasteiger partial charge >= 0.3 is 12.6 Å². The number of carbonyl (C=O) groups is 2. The number of esters is 1. The van der Waals surface area contributed by atoms with E-state index in [9.17, 15) is 18.4 Å². The van der Waals surface area contributed by atoms with Crippen LogP contribution in [-0.2, 0) is 14.3 Å². The molecule has 24 heavy (non-hydrogen) atoms. The highest BCUT2D eigenvalue weighted by atomic mass is 19.3. The van der Waals surface area contributed by atoms with Gasteiger partial charge in [-0.05, 0) is 24.1 Å². The van der Waals surface area contributed by atoms with Gasteiger partial charge in [0.15, 0.2) is 11.5 Å². The van der Waals surface area contributed by atoms with Crippen LogP contribution in [0.2, 0.25) is 0 Å². The molecule has 2 rings (SSSR count). The zero-order chi connectivity index (χ0) is 20.4. The maximum Gasteiger partial charge on any atom is 0.387 e. The first-order valence-corrected chi connectivity index (χ1v) is 7.14. The first-order valence-electron chi connectivity index (χ1n) is 8.64. The van der Waals surface area contributed by atoms with Gasteiger partial charge in [-0.25, -0.2) is 4.79 Å². The van der Waals surface area contributed by atoms with Crippen molar-refractivity contribution >= 4 is 11.9 Å². The van der Waals surface area contributed by atoms with Gasteiger partial charge in [-0.1, -0.05) is 6.07 Å². The predicted molar refractivity (Wildman–Crippen MR) is 80.2 cm³/mol. The Morgan fingerprint density at radius 1 is 1.38 bits per heavy atom. The lowest BCUT2D eigenvalue weighted by Crippen LogP contribution is -2.39. The lowest BCUT2D eigenvalue weighted by Gasteiger charge is -2.20. The molecule has 8 heteroatoms. The van der Waals surface area contributed by atoms with Crippen LogP contribution in [0.15, 0.2) is 18.2 Å². The Balaban J connectivity index is 2.33. The Labute approximate surface area is 142 Å². The minimum atomic E-state index is -3.15. The van der Waals surface area contributed by atoms with E-state index in [1.807, 2.05) is 0 Å². The van der Waals surface area contributed by atoms with Gasteiger partial charge in [0.25, 0.3) is 0 Å². The second-order valence-corrected chi connectivity index (χ2v) is 5.33. The van der Waals surface area contributed by atoms with Crippen molar-refractivity contribution in [1.29, 1.82) is 0 Å². The normalized spacial score (nSPS) is 22.5. The van der Waals surface area contributed by atoms with E-state index in [4.69, 9.17) is 13.6 Å². The molecule has 1 aromatic carbocycles. The number of carbonyl (C=O) groups excluding carboxylic acids is 2. The number of halogens is 2. The van der Waals surface area contributed by atoms with E-state index >= 15 is 0 Å². The zero-order valence-electron chi connectivity index (χ0n) is 16.1. The summed E-state index contributed by atoms with van der Waals surface area (Å²) in [6.07, 6.45) is 0.245. The Morgan fingerprint density at radius 2 is 2.12 bits per heavy atom. The van der Waals surface area contributed by atoms with E-state index in [0.717, 1.165) is 0 Å². The molecule has 0 aromatic heterocycles. The second kappa shape index (κ2) is 7.46. The van der Waals surface area contributed by atoms with Crippen LogP contribution < -0.4 is 9.47 Å². The smallest absolute Gasteiger partial charge is 0.387 e. The number of ether oxygens (including phenoxy) is 3. The Kier molecular flexibility index (Phi) is 4.35. The molecule has 2 atom stereocenters. The lowest BCUT2D eigenvalue weighted by atomic mass is 9.96. The Morgan fingerprint density at radius 3 is 2.71 bits per heavy atom. The molecule has 1 amide bonds. The third-order valence-electron chi connectivity index (χ3n) is 3.94. The first-order chi connectivity index (χ1) is 12.5. The number of rotatable bonds is 5. The highest BCUT2D eigenvalue weighted by molar-refractivity contribution is 5.84. The van der Waals surface area contributed by atoms with Gasteiger partial charge in [0.2, 0.25) is 5.91 Å². The molecule has 1 aliphatic heterocycles. The summed E-state index contributed by atoms with van der Waals surface area (Å²) in [5.41, 5.74) is 0.522. The Hall–Kier alpha value is -2.38. The quantitative estimate of drug-likeness (QED) is 0.765. The summed E-state index contributed by atoms with van der Waals surface area (Å²) in [5, 5.41) is 0. The fourth-order valence-corrected chi connectivity index (χ4v) is 2.84. The van der Waals surface area contributed by atoms with Crippen molar-refractivity contribution in [3.05, 3.63) is 23.8 Å². The largest absolute Gasteiger partial charge is 0.493 e. The highest BCUT2D eigenvalue weighted by Crippen LogP contribution is 2.37. The molecule has 1 aliphatic rings. The van der Waals surface area contributed by atoms with Crippen LogP contribution in [0.4, 0.5) is 8.78 Å². The molecule has 132 valence electrons. The monoisotopic (exact) mass is 346 g/mol. The molecule has 0 saturated carbocycles. The molecule has 0 bridgehead atoms. The average Bonchev–Trinajstić information content (AvgIpc) is 2.99. The number of hydrogen-bond acceptors (Lipinski definition) is 5. The maximum absolute atomic E-state index is 12.5. The third-order valence-corrected chi connectivity index (χ3v) is 3.94. The summed E-state index contributed by atoms with van der Waals surface area (Å²) in [6, 6.07) is 3.13.